The first kappa shape index (κ1) is 22.0. The van der Waals surface area contributed by atoms with Gasteiger partial charge in [0, 0.05) is 5.92 Å². The Morgan fingerprint density at radius 2 is 1.14 bits per heavy atom. The van der Waals surface area contributed by atoms with Crippen molar-refractivity contribution in [2.45, 2.75) is 46.4 Å². The molecule has 0 heterocycles. The van der Waals surface area contributed by atoms with Gasteiger partial charge in [0.1, 0.15) is 6.29 Å². The summed E-state index contributed by atoms with van der Waals surface area (Å²) in [6.45, 7) is 8.81. The highest BCUT2D eigenvalue weighted by atomic mass is 31.2. The molecular weight excluding hydrogens is 330 g/mol. The molecule has 0 aromatic rings. The van der Waals surface area contributed by atoms with Crippen molar-refractivity contribution in [2.24, 2.45) is 5.92 Å². The molecule has 0 aliphatic rings. The normalized spacial score (nSPS) is 14.3. The molecule has 0 amide bonds. The van der Waals surface area contributed by atoms with Crippen LogP contribution in [0.25, 0.3) is 0 Å². The van der Waals surface area contributed by atoms with E-state index in [9.17, 15) is 13.9 Å². The fraction of sp³-hybridized carbons (Fsp3) is 0.923. The van der Waals surface area contributed by atoms with E-state index in [1.54, 1.807) is 34.6 Å². The Kier molecular flexibility index (Phi) is 10.7. The van der Waals surface area contributed by atoms with E-state index in [0.29, 0.717) is 6.29 Å². The first-order valence-corrected chi connectivity index (χ1v) is 10.8. The number of rotatable bonds is 13. The Hall–Kier alpha value is -0.0300. The lowest BCUT2D eigenvalue weighted by molar-refractivity contribution is -0.110. The smallest absolute Gasteiger partial charge is 0.308 e. The van der Waals surface area contributed by atoms with Gasteiger partial charge in [0.25, 0.3) is 0 Å². The summed E-state index contributed by atoms with van der Waals surface area (Å²) in [6.07, 6.45) is 0.746. The van der Waals surface area contributed by atoms with Gasteiger partial charge in [-0.05, 0) is 34.1 Å². The molecule has 0 bridgehead atoms. The van der Waals surface area contributed by atoms with Gasteiger partial charge in [0.15, 0.2) is 5.40 Å². The molecule has 1 atom stereocenters. The first-order valence-electron chi connectivity index (χ1n) is 7.56. The second kappa shape index (κ2) is 10.7. The standard InChI is InChI=1S/C13H28O7P2/c1-6-17-21(15,18-7-2)13(10-12(5)11-14)22(16,19-8-3)20-9-4/h11-13H,6-10H2,1-5H3/t12-/m1/s1. The van der Waals surface area contributed by atoms with Crippen LogP contribution in [0.4, 0.5) is 0 Å². The Morgan fingerprint density at radius 1 is 0.818 bits per heavy atom. The van der Waals surface area contributed by atoms with E-state index < -0.39 is 26.5 Å². The summed E-state index contributed by atoms with van der Waals surface area (Å²) in [6, 6.07) is 0. The first-order chi connectivity index (χ1) is 10.3. The largest absolute Gasteiger partial charge is 0.345 e. The van der Waals surface area contributed by atoms with Gasteiger partial charge in [-0.15, -0.1) is 0 Å². The molecule has 0 unspecified atom stereocenters. The summed E-state index contributed by atoms with van der Waals surface area (Å²) in [5.74, 6) is -0.478. The van der Waals surface area contributed by atoms with E-state index in [0.717, 1.165) is 0 Å². The predicted molar refractivity (Wildman–Crippen MR) is 85.4 cm³/mol. The van der Waals surface area contributed by atoms with E-state index in [1.807, 2.05) is 0 Å². The Balaban J connectivity index is 5.79. The molecule has 0 rings (SSSR count). The van der Waals surface area contributed by atoms with Crippen molar-refractivity contribution in [2.75, 3.05) is 26.4 Å². The van der Waals surface area contributed by atoms with Crippen molar-refractivity contribution in [3.8, 4) is 0 Å². The number of hydrogen-bond donors (Lipinski definition) is 0. The van der Waals surface area contributed by atoms with Crippen molar-refractivity contribution >= 4 is 21.5 Å². The predicted octanol–water partition coefficient (Wildman–Crippen LogP) is 4.07. The Bertz CT molecular complexity index is 363. The van der Waals surface area contributed by atoms with Crippen molar-refractivity contribution in [1.29, 1.82) is 0 Å². The average molecular weight is 358 g/mol. The molecule has 0 saturated carbocycles. The number of aldehydes is 1. The maximum atomic E-state index is 13.1. The summed E-state index contributed by atoms with van der Waals surface area (Å²) in [5.41, 5.74) is 0. The molecule has 22 heavy (non-hydrogen) atoms. The molecule has 0 aliphatic heterocycles. The zero-order valence-electron chi connectivity index (χ0n) is 14.0. The minimum Gasteiger partial charge on any atom is -0.308 e. The second-order valence-electron chi connectivity index (χ2n) is 4.58. The maximum absolute atomic E-state index is 13.1. The summed E-state index contributed by atoms with van der Waals surface area (Å²) < 4.78 is 47.3. The SMILES string of the molecule is CCOP(=O)(OCC)C(C[C@@H](C)C=O)P(=O)(OCC)OCC. The van der Waals surface area contributed by atoms with E-state index in [1.165, 1.54) is 0 Å². The summed E-state index contributed by atoms with van der Waals surface area (Å²) in [5, 5.41) is -1.13. The maximum Gasteiger partial charge on any atom is 0.345 e. The highest BCUT2D eigenvalue weighted by Gasteiger charge is 2.51. The third-order valence-electron chi connectivity index (χ3n) is 2.78. The number of carbonyl (C=O) groups is 1. The van der Waals surface area contributed by atoms with Gasteiger partial charge in [-0.2, -0.15) is 0 Å². The van der Waals surface area contributed by atoms with Gasteiger partial charge >= 0.3 is 15.2 Å². The Morgan fingerprint density at radius 3 is 1.36 bits per heavy atom. The summed E-state index contributed by atoms with van der Waals surface area (Å²) >= 11 is 0. The van der Waals surface area contributed by atoms with Crippen molar-refractivity contribution in [1.82, 2.24) is 0 Å². The number of hydrogen-bond acceptors (Lipinski definition) is 7. The molecule has 0 N–H and O–H groups in total. The van der Waals surface area contributed by atoms with Gasteiger partial charge in [-0.3, -0.25) is 9.13 Å². The third-order valence-corrected chi connectivity index (χ3v) is 8.83. The van der Waals surface area contributed by atoms with Gasteiger partial charge in [0.05, 0.1) is 26.4 Å². The van der Waals surface area contributed by atoms with Crippen LogP contribution in [-0.4, -0.2) is 38.1 Å². The van der Waals surface area contributed by atoms with Crippen LogP contribution in [0, 0.1) is 5.92 Å². The molecule has 0 radical (unpaired) electrons. The minimum atomic E-state index is -3.75. The molecule has 0 spiro atoms. The topological polar surface area (TPSA) is 88.1 Å². The third kappa shape index (κ3) is 6.23. The van der Waals surface area contributed by atoms with Crippen LogP contribution in [0.3, 0.4) is 0 Å². The van der Waals surface area contributed by atoms with Crippen LogP contribution in [0.1, 0.15) is 41.0 Å². The molecule has 132 valence electrons. The fourth-order valence-electron chi connectivity index (χ4n) is 1.96. The van der Waals surface area contributed by atoms with Gasteiger partial charge in [0.2, 0.25) is 0 Å². The lowest BCUT2D eigenvalue weighted by Crippen LogP contribution is -2.20. The number of carbonyl (C=O) groups excluding carboxylic acids is 1. The van der Waals surface area contributed by atoms with E-state index in [4.69, 9.17) is 18.1 Å². The second-order valence-corrected chi connectivity index (χ2v) is 9.43. The minimum absolute atomic E-state index is 0.0397. The van der Waals surface area contributed by atoms with Crippen LogP contribution < -0.4 is 0 Å². The van der Waals surface area contributed by atoms with Crippen LogP contribution in [-0.2, 0) is 32.0 Å². The van der Waals surface area contributed by atoms with Crippen LogP contribution in [0.15, 0.2) is 0 Å². The highest BCUT2D eigenvalue weighted by molar-refractivity contribution is 7.72. The Labute approximate surface area is 133 Å². The van der Waals surface area contributed by atoms with E-state index in [-0.39, 0.29) is 32.8 Å². The zero-order chi connectivity index (χ0) is 17.2. The molecule has 0 aromatic heterocycles. The molecule has 9 heteroatoms. The van der Waals surface area contributed by atoms with Crippen molar-refractivity contribution in [3.05, 3.63) is 0 Å². The molecule has 7 nitrogen and oxygen atoms in total. The lowest BCUT2D eigenvalue weighted by Gasteiger charge is -2.32. The quantitative estimate of drug-likeness (QED) is 0.362. The molecule has 0 saturated heterocycles. The summed E-state index contributed by atoms with van der Waals surface area (Å²) in [4.78, 5) is 11.0. The molecule has 0 aromatic carbocycles. The fourth-order valence-corrected chi connectivity index (χ4v) is 7.60. The molecule has 0 fully saturated rings. The van der Waals surface area contributed by atoms with E-state index >= 15 is 0 Å². The zero-order valence-corrected chi connectivity index (χ0v) is 15.8. The van der Waals surface area contributed by atoms with E-state index in [2.05, 4.69) is 0 Å². The van der Waals surface area contributed by atoms with Crippen molar-refractivity contribution < 1.29 is 32.0 Å². The summed E-state index contributed by atoms with van der Waals surface area (Å²) in [7, 11) is -7.50. The van der Waals surface area contributed by atoms with Crippen LogP contribution in [0.5, 0.6) is 0 Å². The van der Waals surface area contributed by atoms with Crippen LogP contribution >= 0.6 is 15.2 Å². The van der Waals surface area contributed by atoms with Crippen molar-refractivity contribution in [3.63, 3.8) is 0 Å². The molecular formula is C13H28O7P2. The monoisotopic (exact) mass is 358 g/mol. The highest BCUT2D eigenvalue weighted by Crippen LogP contribution is 2.71. The average Bonchev–Trinajstić information content (AvgIpc) is 2.45. The van der Waals surface area contributed by atoms with Gasteiger partial charge < -0.3 is 22.9 Å². The van der Waals surface area contributed by atoms with Crippen LogP contribution in [0.2, 0.25) is 0 Å². The van der Waals surface area contributed by atoms with Gasteiger partial charge in [-0.1, -0.05) is 6.92 Å². The molecule has 0 aliphatic carbocycles. The lowest BCUT2D eigenvalue weighted by atomic mass is 10.1. The van der Waals surface area contributed by atoms with Gasteiger partial charge in [-0.25, -0.2) is 0 Å².